The van der Waals surface area contributed by atoms with E-state index in [2.05, 4.69) is 5.32 Å². The molecule has 0 unspecified atom stereocenters. The Morgan fingerprint density at radius 1 is 1.55 bits per heavy atom. The molecular formula is C14H17ClFNO2S. The van der Waals surface area contributed by atoms with Crippen molar-refractivity contribution in [2.45, 2.75) is 24.7 Å². The van der Waals surface area contributed by atoms with Gasteiger partial charge in [-0.05, 0) is 30.5 Å². The molecule has 1 aliphatic rings. The molecule has 1 atom stereocenters. The number of thioether (sulfide) groups is 1. The average molecular weight is 318 g/mol. The first-order chi connectivity index (χ1) is 9.65. The molecule has 2 rings (SSSR count). The molecule has 1 aromatic rings. The lowest BCUT2D eigenvalue weighted by molar-refractivity contribution is -0.119. The highest BCUT2D eigenvalue weighted by Crippen LogP contribution is 2.19. The van der Waals surface area contributed by atoms with Gasteiger partial charge >= 0.3 is 0 Å². The molecule has 6 heteroatoms. The molecule has 1 heterocycles. The summed E-state index contributed by atoms with van der Waals surface area (Å²) < 4.78 is 18.9. The summed E-state index contributed by atoms with van der Waals surface area (Å²) in [5.74, 6) is 0.398. The Balaban J connectivity index is 1.65. The number of halogens is 2. The Kier molecular flexibility index (Phi) is 6.13. The lowest BCUT2D eigenvalue weighted by atomic mass is 10.2. The lowest BCUT2D eigenvalue weighted by Gasteiger charge is -2.10. The van der Waals surface area contributed by atoms with Crippen LogP contribution in [-0.2, 0) is 15.3 Å². The van der Waals surface area contributed by atoms with Gasteiger partial charge in [-0.2, -0.15) is 0 Å². The minimum Gasteiger partial charge on any atom is -0.376 e. The Hall–Kier alpha value is -0.780. The van der Waals surface area contributed by atoms with Crippen molar-refractivity contribution in [3.05, 3.63) is 34.6 Å². The Morgan fingerprint density at radius 2 is 2.40 bits per heavy atom. The SMILES string of the molecule is O=C(CSCc1ccc(Cl)cc1F)NC[C@H]1CCCO1. The first kappa shape index (κ1) is 15.6. The molecule has 1 saturated heterocycles. The molecule has 0 saturated carbocycles. The summed E-state index contributed by atoms with van der Waals surface area (Å²) >= 11 is 7.06. The maximum atomic E-state index is 13.5. The Morgan fingerprint density at radius 3 is 3.10 bits per heavy atom. The molecule has 1 fully saturated rings. The van der Waals surface area contributed by atoms with Crippen molar-refractivity contribution in [2.24, 2.45) is 0 Å². The third-order valence-electron chi connectivity index (χ3n) is 3.06. The first-order valence-electron chi connectivity index (χ1n) is 6.55. The van der Waals surface area contributed by atoms with Gasteiger partial charge in [0.05, 0.1) is 11.9 Å². The molecule has 0 spiro atoms. The van der Waals surface area contributed by atoms with E-state index in [1.807, 2.05) is 0 Å². The van der Waals surface area contributed by atoms with Gasteiger partial charge in [0.15, 0.2) is 0 Å². The fraction of sp³-hybridized carbons (Fsp3) is 0.500. The van der Waals surface area contributed by atoms with Crippen LogP contribution in [0.2, 0.25) is 5.02 Å². The van der Waals surface area contributed by atoms with Crippen molar-refractivity contribution >= 4 is 29.3 Å². The minimum absolute atomic E-state index is 0.0418. The van der Waals surface area contributed by atoms with Crippen molar-refractivity contribution in [3.8, 4) is 0 Å². The van der Waals surface area contributed by atoms with Crippen LogP contribution < -0.4 is 5.32 Å². The molecule has 1 N–H and O–H groups in total. The van der Waals surface area contributed by atoms with Crippen molar-refractivity contribution in [1.82, 2.24) is 5.32 Å². The molecule has 0 bridgehead atoms. The number of amides is 1. The van der Waals surface area contributed by atoms with Crippen LogP contribution in [0.1, 0.15) is 18.4 Å². The topological polar surface area (TPSA) is 38.3 Å². The zero-order chi connectivity index (χ0) is 14.4. The predicted octanol–water partition coefficient (Wildman–Crippen LogP) is 3.01. The fourth-order valence-corrected chi connectivity index (χ4v) is 2.98. The molecule has 1 aliphatic heterocycles. The highest BCUT2D eigenvalue weighted by atomic mass is 35.5. The van der Waals surface area contributed by atoms with E-state index in [-0.39, 0.29) is 17.8 Å². The van der Waals surface area contributed by atoms with E-state index >= 15 is 0 Å². The number of benzene rings is 1. The smallest absolute Gasteiger partial charge is 0.230 e. The van der Waals surface area contributed by atoms with Gasteiger partial charge in [-0.1, -0.05) is 17.7 Å². The third-order valence-corrected chi connectivity index (χ3v) is 4.27. The molecule has 110 valence electrons. The number of nitrogens with one attached hydrogen (secondary N) is 1. The highest BCUT2D eigenvalue weighted by molar-refractivity contribution is 7.99. The van der Waals surface area contributed by atoms with Crippen LogP contribution in [0, 0.1) is 5.82 Å². The van der Waals surface area contributed by atoms with E-state index in [0.29, 0.717) is 28.6 Å². The van der Waals surface area contributed by atoms with Crippen LogP contribution in [0.25, 0.3) is 0 Å². The zero-order valence-corrected chi connectivity index (χ0v) is 12.6. The normalized spacial score (nSPS) is 18.2. The fourth-order valence-electron chi connectivity index (χ4n) is 1.98. The van der Waals surface area contributed by atoms with Crippen molar-refractivity contribution in [2.75, 3.05) is 18.9 Å². The lowest BCUT2D eigenvalue weighted by Crippen LogP contribution is -2.32. The molecule has 0 aromatic heterocycles. The summed E-state index contributed by atoms with van der Waals surface area (Å²) in [4.78, 5) is 11.6. The van der Waals surface area contributed by atoms with E-state index in [4.69, 9.17) is 16.3 Å². The van der Waals surface area contributed by atoms with E-state index in [0.717, 1.165) is 19.4 Å². The van der Waals surface area contributed by atoms with Gasteiger partial charge in [0.1, 0.15) is 5.82 Å². The van der Waals surface area contributed by atoms with Gasteiger partial charge in [-0.15, -0.1) is 11.8 Å². The summed E-state index contributed by atoms with van der Waals surface area (Å²) in [6.45, 7) is 1.35. The quantitative estimate of drug-likeness (QED) is 0.876. The second-order valence-corrected chi connectivity index (χ2v) is 6.09. The van der Waals surface area contributed by atoms with Gasteiger partial charge in [-0.3, -0.25) is 4.79 Å². The predicted molar refractivity (Wildman–Crippen MR) is 79.6 cm³/mol. The molecule has 0 aliphatic carbocycles. The van der Waals surface area contributed by atoms with Crippen LogP contribution in [0.3, 0.4) is 0 Å². The minimum atomic E-state index is -0.329. The van der Waals surface area contributed by atoms with E-state index in [1.54, 1.807) is 12.1 Å². The van der Waals surface area contributed by atoms with Crippen LogP contribution in [0.4, 0.5) is 4.39 Å². The second-order valence-electron chi connectivity index (χ2n) is 4.67. The summed E-state index contributed by atoms with van der Waals surface area (Å²) in [6.07, 6.45) is 2.21. The number of carbonyl (C=O) groups is 1. The highest BCUT2D eigenvalue weighted by Gasteiger charge is 2.16. The molecule has 1 aromatic carbocycles. The van der Waals surface area contributed by atoms with Crippen LogP contribution >= 0.6 is 23.4 Å². The van der Waals surface area contributed by atoms with E-state index in [9.17, 15) is 9.18 Å². The summed E-state index contributed by atoms with van der Waals surface area (Å²) in [5, 5.41) is 3.22. The standard InChI is InChI=1S/C14H17ClFNO2S/c15-11-4-3-10(13(16)6-11)8-20-9-14(18)17-7-12-2-1-5-19-12/h3-4,6,12H,1-2,5,7-9H2,(H,17,18)/t12-/m1/s1. The zero-order valence-electron chi connectivity index (χ0n) is 11.0. The first-order valence-corrected chi connectivity index (χ1v) is 8.08. The summed E-state index contributed by atoms with van der Waals surface area (Å²) in [5.41, 5.74) is 0.561. The van der Waals surface area contributed by atoms with E-state index in [1.165, 1.54) is 17.8 Å². The maximum absolute atomic E-state index is 13.5. The van der Waals surface area contributed by atoms with Gasteiger partial charge in [0, 0.05) is 23.9 Å². The van der Waals surface area contributed by atoms with Crippen LogP contribution in [0.5, 0.6) is 0 Å². The monoisotopic (exact) mass is 317 g/mol. The third kappa shape index (κ3) is 4.96. The van der Waals surface area contributed by atoms with Crippen LogP contribution in [-0.4, -0.2) is 30.9 Å². The van der Waals surface area contributed by atoms with E-state index < -0.39 is 0 Å². The Labute approximate surface area is 127 Å². The largest absolute Gasteiger partial charge is 0.376 e. The molecule has 0 radical (unpaired) electrons. The van der Waals surface area contributed by atoms with Gasteiger partial charge < -0.3 is 10.1 Å². The van der Waals surface area contributed by atoms with Crippen molar-refractivity contribution in [3.63, 3.8) is 0 Å². The molecule has 20 heavy (non-hydrogen) atoms. The Bertz CT molecular complexity index is 466. The summed E-state index contributed by atoms with van der Waals surface area (Å²) in [6, 6.07) is 4.59. The maximum Gasteiger partial charge on any atom is 0.230 e. The molecular weight excluding hydrogens is 301 g/mol. The number of ether oxygens (including phenoxy) is 1. The number of carbonyl (C=O) groups excluding carboxylic acids is 1. The van der Waals surface area contributed by atoms with Crippen LogP contribution in [0.15, 0.2) is 18.2 Å². The van der Waals surface area contributed by atoms with Crippen molar-refractivity contribution in [1.29, 1.82) is 0 Å². The van der Waals surface area contributed by atoms with Gasteiger partial charge in [0.2, 0.25) is 5.91 Å². The number of hydrogen-bond donors (Lipinski definition) is 1. The van der Waals surface area contributed by atoms with Gasteiger partial charge in [0.25, 0.3) is 0 Å². The van der Waals surface area contributed by atoms with Crippen molar-refractivity contribution < 1.29 is 13.9 Å². The second kappa shape index (κ2) is 7.86. The number of rotatable bonds is 6. The summed E-state index contributed by atoms with van der Waals surface area (Å²) in [7, 11) is 0. The molecule has 1 amide bonds. The van der Waals surface area contributed by atoms with Gasteiger partial charge in [-0.25, -0.2) is 4.39 Å². The number of hydrogen-bond acceptors (Lipinski definition) is 3. The average Bonchev–Trinajstić information content (AvgIpc) is 2.92. The molecule has 3 nitrogen and oxygen atoms in total.